The number of rotatable bonds is 9. The molecule has 0 radical (unpaired) electrons. The van der Waals surface area contributed by atoms with Crippen LogP contribution in [0.2, 0.25) is 0 Å². The van der Waals surface area contributed by atoms with E-state index in [0.717, 1.165) is 29.7 Å². The number of benzene rings is 1. The van der Waals surface area contributed by atoms with Crippen LogP contribution in [0.4, 0.5) is 0 Å². The molecule has 22 heavy (non-hydrogen) atoms. The number of tetrazole rings is 1. The molecule has 2 aromatic rings. The Hall–Kier alpha value is -1.57. The SMILES string of the molecule is C=CCOc1cccc(CNCCSc2nnnn2C)c1.Cl. The Morgan fingerprint density at radius 1 is 1.45 bits per heavy atom. The topological polar surface area (TPSA) is 64.9 Å². The van der Waals surface area contributed by atoms with Gasteiger partial charge in [0.2, 0.25) is 5.16 Å². The molecule has 1 heterocycles. The maximum Gasteiger partial charge on any atom is 0.209 e. The first-order valence-electron chi connectivity index (χ1n) is 6.68. The summed E-state index contributed by atoms with van der Waals surface area (Å²) in [5.74, 6) is 1.79. The van der Waals surface area contributed by atoms with Gasteiger partial charge in [0, 0.05) is 25.9 Å². The molecule has 0 aliphatic heterocycles. The van der Waals surface area contributed by atoms with Crippen molar-refractivity contribution in [1.29, 1.82) is 0 Å². The van der Waals surface area contributed by atoms with E-state index in [0.29, 0.717) is 6.61 Å². The largest absolute Gasteiger partial charge is 0.490 e. The van der Waals surface area contributed by atoms with Crippen LogP contribution in [-0.2, 0) is 13.6 Å². The van der Waals surface area contributed by atoms with Crippen molar-refractivity contribution in [3.8, 4) is 5.75 Å². The van der Waals surface area contributed by atoms with Crippen molar-refractivity contribution in [2.24, 2.45) is 7.05 Å². The molecule has 0 bridgehead atoms. The third-order valence-corrected chi connectivity index (χ3v) is 3.70. The Morgan fingerprint density at radius 3 is 3.05 bits per heavy atom. The average Bonchev–Trinajstić information content (AvgIpc) is 2.91. The number of nitrogens with zero attached hydrogens (tertiary/aromatic N) is 4. The summed E-state index contributed by atoms with van der Waals surface area (Å²) in [6.07, 6.45) is 1.74. The van der Waals surface area contributed by atoms with Crippen LogP contribution in [0.3, 0.4) is 0 Å². The molecule has 2 rings (SSSR count). The van der Waals surface area contributed by atoms with E-state index in [1.54, 1.807) is 22.5 Å². The van der Waals surface area contributed by atoms with E-state index in [2.05, 4.69) is 33.5 Å². The van der Waals surface area contributed by atoms with Crippen LogP contribution in [0.15, 0.2) is 42.1 Å². The zero-order valence-corrected chi connectivity index (χ0v) is 14.1. The molecule has 6 nitrogen and oxygen atoms in total. The van der Waals surface area contributed by atoms with Crippen molar-refractivity contribution in [3.05, 3.63) is 42.5 Å². The lowest BCUT2D eigenvalue weighted by molar-refractivity contribution is 0.362. The number of thioether (sulfide) groups is 1. The van der Waals surface area contributed by atoms with Crippen molar-refractivity contribution >= 4 is 24.2 Å². The molecule has 8 heteroatoms. The third kappa shape index (κ3) is 6.05. The van der Waals surface area contributed by atoms with Crippen molar-refractivity contribution in [2.45, 2.75) is 11.7 Å². The number of aromatic nitrogens is 4. The van der Waals surface area contributed by atoms with E-state index < -0.39 is 0 Å². The molecule has 0 saturated heterocycles. The standard InChI is InChI=1S/C14H19N5OS.ClH/c1-3-8-20-13-6-4-5-12(10-13)11-15-7-9-21-14-16-17-18-19(14)2;/h3-6,10,15H,1,7-9,11H2,2H3;1H. The molecular weight excluding hydrogens is 322 g/mol. The van der Waals surface area contributed by atoms with Crippen LogP contribution >= 0.6 is 24.2 Å². The summed E-state index contributed by atoms with van der Waals surface area (Å²) in [4.78, 5) is 0. The predicted octanol–water partition coefficient (Wildman–Crippen LogP) is 2.08. The monoisotopic (exact) mass is 341 g/mol. The summed E-state index contributed by atoms with van der Waals surface area (Å²) >= 11 is 1.63. The lowest BCUT2D eigenvalue weighted by Crippen LogP contribution is -2.16. The van der Waals surface area contributed by atoms with Crippen LogP contribution < -0.4 is 10.1 Å². The Balaban J connectivity index is 0.00000242. The predicted molar refractivity (Wildman–Crippen MR) is 90.6 cm³/mol. The van der Waals surface area contributed by atoms with Gasteiger partial charge in [-0.25, -0.2) is 4.68 Å². The van der Waals surface area contributed by atoms with Gasteiger partial charge >= 0.3 is 0 Å². The van der Waals surface area contributed by atoms with Gasteiger partial charge in [-0.15, -0.1) is 17.5 Å². The number of ether oxygens (including phenoxy) is 1. The second-order valence-electron chi connectivity index (χ2n) is 4.36. The number of hydrogen-bond acceptors (Lipinski definition) is 6. The van der Waals surface area contributed by atoms with E-state index >= 15 is 0 Å². The van der Waals surface area contributed by atoms with E-state index in [4.69, 9.17) is 4.74 Å². The highest BCUT2D eigenvalue weighted by Gasteiger charge is 2.02. The highest BCUT2D eigenvalue weighted by Crippen LogP contribution is 2.14. The van der Waals surface area contributed by atoms with Crippen LogP contribution in [0.25, 0.3) is 0 Å². The fourth-order valence-electron chi connectivity index (χ4n) is 1.69. The minimum atomic E-state index is 0. The number of halogens is 1. The van der Waals surface area contributed by atoms with Gasteiger partial charge in [0.1, 0.15) is 12.4 Å². The average molecular weight is 342 g/mol. The molecule has 1 aromatic carbocycles. The first-order chi connectivity index (χ1) is 10.3. The molecule has 1 aromatic heterocycles. The van der Waals surface area contributed by atoms with Gasteiger partial charge in [-0.05, 0) is 28.1 Å². The van der Waals surface area contributed by atoms with Gasteiger partial charge in [0.05, 0.1) is 0 Å². The first kappa shape index (κ1) is 18.5. The molecule has 1 N–H and O–H groups in total. The Kier molecular flexibility index (Phi) is 8.57. The maximum absolute atomic E-state index is 5.51. The summed E-state index contributed by atoms with van der Waals surface area (Å²) in [6, 6.07) is 8.06. The van der Waals surface area contributed by atoms with Gasteiger partial charge in [-0.3, -0.25) is 0 Å². The molecule has 120 valence electrons. The fourth-order valence-corrected chi connectivity index (χ4v) is 2.44. The highest BCUT2D eigenvalue weighted by atomic mass is 35.5. The van der Waals surface area contributed by atoms with Gasteiger partial charge in [-0.2, -0.15) is 0 Å². The fraction of sp³-hybridized carbons (Fsp3) is 0.357. The van der Waals surface area contributed by atoms with Crippen LogP contribution in [-0.4, -0.2) is 39.1 Å². The van der Waals surface area contributed by atoms with E-state index in [9.17, 15) is 0 Å². The summed E-state index contributed by atoms with van der Waals surface area (Å²) in [5.41, 5.74) is 1.20. The quantitative estimate of drug-likeness (QED) is 0.428. The minimum Gasteiger partial charge on any atom is -0.490 e. The molecule has 0 aliphatic rings. The number of hydrogen-bond donors (Lipinski definition) is 1. The maximum atomic E-state index is 5.51. The lowest BCUT2D eigenvalue weighted by atomic mass is 10.2. The van der Waals surface area contributed by atoms with Crippen molar-refractivity contribution in [1.82, 2.24) is 25.5 Å². The zero-order valence-electron chi connectivity index (χ0n) is 12.4. The van der Waals surface area contributed by atoms with E-state index in [1.165, 1.54) is 5.56 Å². The van der Waals surface area contributed by atoms with Crippen LogP contribution in [0.1, 0.15) is 5.56 Å². The smallest absolute Gasteiger partial charge is 0.209 e. The Labute approximate surface area is 140 Å². The second-order valence-corrected chi connectivity index (χ2v) is 5.42. The number of aryl methyl sites for hydroxylation is 1. The lowest BCUT2D eigenvalue weighted by Gasteiger charge is -2.07. The normalized spacial score (nSPS) is 10.0. The van der Waals surface area contributed by atoms with Gasteiger partial charge in [0.15, 0.2) is 0 Å². The first-order valence-corrected chi connectivity index (χ1v) is 7.66. The number of nitrogens with one attached hydrogen (secondary N) is 1. The summed E-state index contributed by atoms with van der Waals surface area (Å²) in [6.45, 7) is 5.86. The third-order valence-electron chi connectivity index (χ3n) is 2.69. The molecule has 0 unspecified atom stereocenters. The van der Waals surface area contributed by atoms with E-state index in [-0.39, 0.29) is 12.4 Å². The van der Waals surface area contributed by atoms with Gasteiger partial charge in [0.25, 0.3) is 0 Å². The zero-order chi connectivity index (χ0) is 14.9. The summed E-state index contributed by atoms with van der Waals surface area (Å²) in [7, 11) is 1.84. The highest BCUT2D eigenvalue weighted by molar-refractivity contribution is 7.99. The molecule has 0 spiro atoms. The summed E-state index contributed by atoms with van der Waals surface area (Å²) in [5, 5.41) is 15.5. The molecule has 0 atom stereocenters. The molecule has 0 saturated carbocycles. The van der Waals surface area contributed by atoms with Gasteiger partial charge in [-0.1, -0.05) is 36.5 Å². The van der Waals surface area contributed by atoms with E-state index in [1.807, 2.05) is 25.2 Å². The van der Waals surface area contributed by atoms with Crippen molar-refractivity contribution < 1.29 is 4.74 Å². The summed E-state index contributed by atoms with van der Waals surface area (Å²) < 4.78 is 7.18. The van der Waals surface area contributed by atoms with Gasteiger partial charge < -0.3 is 10.1 Å². The minimum absolute atomic E-state index is 0. The van der Waals surface area contributed by atoms with Crippen LogP contribution in [0, 0.1) is 0 Å². The molecule has 0 fully saturated rings. The van der Waals surface area contributed by atoms with Crippen LogP contribution in [0.5, 0.6) is 5.75 Å². The molecule has 0 amide bonds. The van der Waals surface area contributed by atoms with Crippen molar-refractivity contribution in [2.75, 3.05) is 18.9 Å². The second kappa shape index (κ2) is 10.2. The molecule has 0 aliphatic carbocycles. The van der Waals surface area contributed by atoms with Crippen molar-refractivity contribution in [3.63, 3.8) is 0 Å². The Morgan fingerprint density at radius 2 is 2.32 bits per heavy atom. The Bertz CT molecular complexity index is 578. The molecular formula is C14H20ClN5OS.